The number of carbonyl (C=O) groups excluding carboxylic acids is 5. The number of hydrogen-bond acceptors (Lipinski definition) is 8. The fourth-order valence-corrected chi connectivity index (χ4v) is 1.25. The summed E-state index contributed by atoms with van der Waals surface area (Å²) in [6.45, 7) is 2.66. The third-order valence-electron chi connectivity index (χ3n) is 2.17. The van der Waals surface area contributed by atoms with Gasteiger partial charge in [-0.05, 0) is 13.8 Å². The number of aliphatic hydroxyl groups is 1. The van der Waals surface area contributed by atoms with Crippen molar-refractivity contribution in [3.63, 3.8) is 0 Å². The van der Waals surface area contributed by atoms with Crippen molar-refractivity contribution < 1.29 is 40.0 Å². The highest BCUT2D eigenvalue weighted by Crippen LogP contribution is 1.99. The van der Waals surface area contributed by atoms with Gasteiger partial charge in [-0.15, -0.1) is 0 Å². The molecule has 0 aromatic heterocycles. The predicted octanol–water partition coefficient (Wildman–Crippen LogP) is 0.233. The van der Waals surface area contributed by atoms with Crippen molar-refractivity contribution in [2.24, 2.45) is 0 Å². The Bertz CT molecular complexity index is 419. The maximum Gasteiger partial charge on any atom is 0.313 e. The number of carbonyl (C=O) groups is 5. The summed E-state index contributed by atoms with van der Waals surface area (Å²) < 4.78 is 8.52. The summed E-state index contributed by atoms with van der Waals surface area (Å²) in [5.74, 6) is -1.88. The third kappa shape index (κ3) is 16.0. The fourth-order valence-electron chi connectivity index (χ4n) is 1.25. The standard InChI is InChI=1S/C7H12O4.C7H10O4.H2/c2*1-5(8)3-6(9)4-7(10)11-2;/h6,9H,3-4H2,1-2H3;3-4H2,1-2H3;1H. The van der Waals surface area contributed by atoms with Gasteiger partial charge in [0.05, 0.1) is 33.2 Å². The first-order valence-electron chi connectivity index (χ1n) is 6.44. The number of methoxy groups -OCH3 is 2. The van der Waals surface area contributed by atoms with Gasteiger partial charge in [0.25, 0.3) is 0 Å². The smallest absolute Gasteiger partial charge is 0.313 e. The van der Waals surface area contributed by atoms with E-state index in [9.17, 15) is 24.0 Å². The summed E-state index contributed by atoms with van der Waals surface area (Å²) in [5.41, 5.74) is 0. The average molecular weight is 320 g/mol. The molecule has 8 heteroatoms. The van der Waals surface area contributed by atoms with Crippen LogP contribution in [-0.4, -0.2) is 54.7 Å². The number of ketones is 3. The van der Waals surface area contributed by atoms with Gasteiger partial charge in [-0.2, -0.15) is 0 Å². The monoisotopic (exact) mass is 320 g/mol. The van der Waals surface area contributed by atoms with E-state index in [4.69, 9.17) is 5.11 Å². The van der Waals surface area contributed by atoms with Crippen LogP contribution < -0.4 is 0 Å². The molecule has 0 aromatic rings. The Hall–Kier alpha value is -2.09. The van der Waals surface area contributed by atoms with Crippen LogP contribution in [-0.2, 0) is 33.4 Å². The lowest BCUT2D eigenvalue weighted by Gasteiger charge is -2.05. The van der Waals surface area contributed by atoms with Crippen LogP contribution in [0.3, 0.4) is 0 Å². The lowest BCUT2D eigenvalue weighted by atomic mass is 10.1. The van der Waals surface area contributed by atoms with E-state index in [1.54, 1.807) is 0 Å². The molecule has 1 unspecified atom stereocenters. The lowest BCUT2D eigenvalue weighted by Crippen LogP contribution is -2.17. The van der Waals surface area contributed by atoms with E-state index in [0.29, 0.717) is 0 Å². The molecule has 0 saturated heterocycles. The molecule has 1 atom stereocenters. The molecule has 8 nitrogen and oxygen atoms in total. The highest BCUT2D eigenvalue weighted by Gasteiger charge is 2.12. The molecule has 0 amide bonds. The van der Waals surface area contributed by atoms with Gasteiger partial charge in [0.1, 0.15) is 18.0 Å². The summed E-state index contributed by atoms with van der Waals surface area (Å²) >= 11 is 0. The minimum Gasteiger partial charge on any atom is -0.469 e. The van der Waals surface area contributed by atoms with Crippen LogP contribution >= 0.6 is 0 Å². The van der Waals surface area contributed by atoms with Crippen LogP contribution in [0.25, 0.3) is 0 Å². The first kappa shape index (κ1) is 22.2. The topological polar surface area (TPSA) is 124 Å². The number of aliphatic hydroxyl groups excluding tert-OH is 1. The Labute approximate surface area is 130 Å². The van der Waals surface area contributed by atoms with Crippen molar-refractivity contribution in [1.29, 1.82) is 0 Å². The number of hydrogen-bond donors (Lipinski definition) is 1. The van der Waals surface area contributed by atoms with E-state index < -0.39 is 23.8 Å². The molecule has 0 heterocycles. The Balaban J connectivity index is -0.000000333. The molecule has 0 spiro atoms. The fraction of sp³-hybridized carbons (Fsp3) is 0.643. The van der Waals surface area contributed by atoms with Crippen LogP contribution in [0.1, 0.15) is 41.0 Å². The van der Waals surface area contributed by atoms with E-state index in [1.165, 1.54) is 28.1 Å². The number of Topliss-reactive ketones (excluding diaryl/α,β-unsaturated/α-hetero) is 3. The van der Waals surface area contributed by atoms with Gasteiger partial charge in [0.15, 0.2) is 5.78 Å². The van der Waals surface area contributed by atoms with Crippen LogP contribution in [0.15, 0.2) is 0 Å². The van der Waals surface area contributed by atoms with E-state index >= 15 is 0 Å². The summed E-state index contributed by atoms with van der Waals surface area (Å²) in [6.07, 6.45) is -1.50. The normalized spacial score (nSPS) is 10.6. The van der Waals surface area contributed by atoms with E-state index in [2.05, 4.69) is 9.47 Å². The highest BCUT2D eigenvalue weighted by atomic mass is 16.5. The summed E-state index contributed by atoms with van der Waals surface area (Å²) in [4.78, 5) is 52.4. The van der Waals surface area contributed by atoms with Crippen molar-refractivity contribution in [2.45, 2.75) is 45.6 Å². The largest absolute Gasteiger partial charge is 0.469 e. The molecule has 128 valence electrons. The van der Waals surface area contributed by atoms with Gasteiger partial charge in [-0.3, -0.25) is 24.0 Å². The van der Waals surface area contributed by atoms with Gasteiger partial charge < -0.3 is 14.6 Å². The van der Waals surface area contributed by atoms with Gasteiger partial charge in [0.2, 0.25) is 0 Å². The molecular weight excluding hydrogens is 296 g/mol. The second-order valence-electron chi connectivity index (χ2n) is 4.51. The molecule has 0 aliphatic carbocycles. The molecule has 0 bridgehead atoms. The van der Waals surface area contributed by atoms with E-state index in [1.807, 2.05) is 0 Å². The zero-order valence-corrected chi connectivity index (χ0v) is 13.2. The summed E-state index contributed by atoms with van der Waals surface area (Å²) in [5, 5.41) is 9.00. The number of rotatable bonds is 8. The predicted molar refractivity (Wildman–Crippen MR) is 77.0 cm³/mol. The van der Waals surface area contributed by atoms with Crippen LogP contribution in [0.2, 0.25) is 0 Å². The van der Waals surface area contributed by atoms with Crippen molar-refractivity contribution in [2.75, 3.05) is 14.2 Å². The molecule has 1 N–H and O–H groups in total. The van der Waals surface area contributed by atoms with Crippen molar-refractivity contribution in [1.82, 2.24) is 0 Å². The second kappa shape index (κ2) is 12.6. The Kier molecular flexibility index (Phi) is 12.7. The van der Waals surface area contributed by atoms with E-state index in [-0.39, 0.29) is 38.7 Å². The Morgan fingerprint density at radius 1 is 0.864 bits per heavy atom. The first-order valence-corrected chi connectivity index (χ1v) is 6.44. The summed E-state index contributed by atoms with van der Waals surface area (Å²) in [6, 6.07) is 0. The lowest BCUT2D eigenvalue weighted by molar-refractivity contribution is -0.144. The number of esters is 2. The van der Waals surface area contributed by atoms with Crippen molar-refractivity contribution in [3.8, 4) is 0 Å². The SMILES string of the molecule is COC(=O)CC(=O)CC(C)=O.COC(=O)CC(O)CC(C)=O.[HH]. The molecular formula is C14H24O8. The minimum atomic E-state index is -0.903. The molecule has 0 radical (unpaired) electrons. The van der Waals surface area contributed by atoms with Crippen LogP contribution in [0.4, 0.5) is 0 Å². The highest BCUT2D eigenvalue weighted by molar-refractivity contribution is 6.04. The molecule has 22 heavy (non-hydrogen) atoms. The van der Waals surface area contributed by atoms with Gasteiger partial charge in [-0.1, -0.05) is 0 Å². The molecule has 0 aromatic carbocycles. The average Bonchev–Trinajstić information content (AvgIpc) is 2.36. The van der Waals surface area contributed by atoms with Crippen LogP contribution in [0, 0.1) is 0 Å². The third-order valence-corrected chi connectivity index (χ3v) is 2.17. The molecule has 0 rings (SSSR count). The summed E-state index contributed by atoms with van der Waals surface area (Å²) in [7, 11) is 2.44. The van der Waals surface area contributed by atoms with Crippen LogP contribution in [0.5, 0.6) is 0 Å². The maximum atomic E-state index is 10.7. The Morgan fingerprint density at radius 3 is 1.73 bits per heavy atom. The molecule has 0 aliphatic heterocycles. The number of ether oxygens (including phenoxy) is 2. The quantitative estimate of drug-likeness (QED) is 0.498. The molecule has 0 saturated carbocycles. The zero-order chi connectivity index (χ0) is 17.7. The van der Waals surface area contributed by atoms with Gasteiger partial charge >= 0.3 is 11.9 Å². The zero-order valence-electron chi connectivity index (χ0n) is 13.2. The van der Waals surface area contributed by atoms with Crippen molar-refractivity contribution in [3.05, 3.63) is 0 Å². The van der Waals surface area contributed by atoms with E-state index in [0.717, 1.165) is 0 Å². The van der Waals surface area contributed by atoms with Gasteiger partial charge in [-0.25, -0.2) is 0 Å². The van der Waals surface area contributed by atoms with Crippen molar-refractivity contribution >= 4 is 29.3 Å². The second-order valence-corrected chi connectivity index (χ2v) is 4.51. The van der Waals surface area contributed by atoms with Gasteiger partial charge in [0, 0.05) is 7.85 Å². The molecule has 0 fully saturated rings. The minimum absolute atomic E-state index is 0. The maximum absolute atomic E-state index is 10.7. The first-order chi connectivity index (χ1) is 10.1. The molecule has 0 aliphatic rings. The Morgan fingerprint density at radius 2 is 1.36 bits per heavy atom.